The number of hydrogen-bond acceptors (Lipinski definition) is 2. The molecule has 2 rings (SSSR count). The Morgan fingerprint density at radius 3 is 2.40 bits per heavy atom. The quantitative estimate of drug-likeness (QED) is 0.832. The fourth-order valence-electron chi connectivity index (χ4n) is 1.98. The molecular formula is C17H20ClNO. The smallest absolute Gasteiger partial charge is 0.120 e. The minimum Gasteiger partial charge on any atom is -0.491 e. The molecule has 0 unspecified atom stereocenters. The molecule has 0 aliphatic rings. The van der Waals surface area contributed by atoms with Gasteiger partial charge in [-0.2, -0.15) is 0 Å². The van der Waals surface area contributed by atoms with Gasteiger partial charge in [0.2, 0.25) is 0 Å². The van der Waals surface area contributed by atoms with Gasteiger partial charge in [-0.3, -0.25) is 0 Å². The number of hydrogen-bond donors (Lipinski definition) is 1. The minimum atomic E-state index is 0.197. The molecule has 106 valence electrons. The van der Waals surface area contributed by atoms with Crippen LogP contribution in [0, 0.1) is 6.92 Å². The molecule has 0 radical (unpaired) electrons. The van der Waals surface area contributed by atoms with Crippen molar-refractivity contribution in [1.29, 1.82) is 0 Å². The highest BCUT2D eigenvalue weighted by Crippen LogP contribution is 2.23. The van der Waals surface area contributed by atoms with Gasteiger partial charge in [-0.05, 0) is 62.2 Å². The monoisotopic (exact) mass is 289 g/mol. The zero-order chi connectivity index (χ0) is 14.5. The highest BCUT2D eigenvalue weighted by atomic mass is 35.5. The molecule has 3 heteroatoms. The van der Waals surface area contributed by atoms with Crippen LogP contribution in [0.15, 0.2) is 42.5 Å². The van der Waals surface area contributed by atoms with Crippen LogP contribution in [-0.2, 0) is 6.54 Å². The van der Waals surface area contributed by atoms with Gasteiger partial charge < -0.3 is 10.1 Å². The maximum absolute atomic E-state index is 5.88. The summed E-state index contributed by atoms with van der Waals surface area (Å²) in [6.07, 6.45) is 0.197. The molecule has 0 heterocycles. The Labute approximate surface area is 125 Å². The predicted molar refractivity (Wildman–Crippen MR) is 85.7 cm³/mol. The standard InChI is InChI=1S/C17H20ClNO/c1-12(2)20-16-8-9-17(13(3)10-16)19-11-14-4-6-15(18)7-5-14/h4-10,12,19H,11H2,1-3H3. The normalized spacial score (nSPS) is 10.7. The van der Waals surface area contributed by atoms with E-state index in [-0.39, 0.29) is 6.10 Å². The van der Waals surface area contributed by atoms with E-state index in [2.05, 4.69) is 24.4 Å². The Bertz CT molecular complexity index is 564. The van der Waals surface area contributed by atoms with Gasteiger partial charge in [0.1, 0.15) is 5.75 Å². The van der Waals surface area contributed by atoms with Gasteiger partial charge in [-0.15, -0.1) is 0 Å². The van der Waals surface area contributed by atoms with Crippen molar-refractivity contribution in [3.05, 3.63) is 58.6 Å². The molecule has 0 aliphatic carbocycles. The summed E-state index contributed by atoms with van der Waals surface area (Å²) in [5.74, 6) is 0.912. The van der Waals surface area contributed by atoms with E-state index in [1.54, 1.807) is 0 Å². The SMILES string of the molecule is Cc1cc(OC(C)C)ccc1NCc1ccc(Cl)cc1. The second kappa shape index (κ2) is 6.67. The number of rotatable bonds is 5. The van der Waals surface area contributed by atoms with E-state index >= 15 is 0 Å². The van der Waals surface area contributed by atoms with E-state index in [1.165, 1.54) is 11.1 Å². The van der Waals surface area contributed by atoms with Gasteiger partial charge in [-0.1, -0.05) is 23.7 Å². The van der Waals surface area contributed by atoms with Gasteiger partial charge in [0, 0.05) is 17.3 Å². The van der Waals surface area contributed by atoms with Crippen LogP contribution in [0.3, 0.4) is 0 Å². The summed E-state index contributed by atoms with van der Waals surface area (Å²) in [5.41, 5.74) is 3.50. The van der Waals surface area contributed by atoms with Crippen LogP contribution in [0.5, 0.6) is 5.75 Å². The highest BCUT2D eigenvalue weighted by molar-refractivity contribution is 6.30. The largest absolute Gasteiger partial charge is 0.491 e. The first kappa shape index (κ1) is 14.7. The summed E-state index contributed by atoms with van der Waals surface area (Å²) in [4.78, 5) is 0. The van der Waals surface area contributed by atoms with E-state index < -0.39 is 0 Å². The molecule has 2 nitrogen and oxygen atoms in total. The molecule has 0 aromatic heterocycles. The Balaban J connectivity index is 2.01. The summed E-state index contributed by atoms with van der Waals surface area (Å²) in [6.45, 7) is 6.92. The van der Waals surface area contributed by atoms with Crippen molar-refractivity contribution in [3.8, 4) is 5.75 Å². The number of halogens is 1. The van der Waals surface area contributed by atoms with Crippen molar-refractivity contribution in [2.45, 2.75) is 33.4 Å². The lowest BCUT2D eigenvalue weighted by molar-refractivity contribution is 0.242. The first-order chi connectivity index (χ1) is 9.54. The van der Waals surface area contributed by atoms with Gasteiger partial charge in [-0.25, -0.2) is 0 Å². The Hall–Kier alpha value is -1.67. The molecule has 0 bridgehead atoms. The zero-order valence-electron chi connectivity index (χ0n) is 12.1. The molecule has 2 aromatic rings. The summed E-state index contributed by atoms with van der Waals surface area (Å²) >= 11 is 5.88. The summed E-state index contributed by atoms with van der Waals surface area (Å²) in [6, 6.07) is 14.0. The lowest BCUT2D eigenvalue weighted by atomic mass is 10.1. The van der Waals surface area contributed by atoms with E-state index in [4.69, 9.17) is 16.3 Å². The van der Waals surface area contributed by atoms with Crippen LogP contribution in [-0.4, -0.2) is 6.10 Å². The summed E-state index contributed by atoms with van der Waals surface area (Å²) in [7, 11) is 0. The van der Waals surface area contributed by atoms with E-state index in [0.717, 1.165) is 23.0 Å². The average Bonchev–Trinajstić information content (AvgIpc) is 2.39. The van der Waals surface area contributed by atoms with Crippen molar-refractivity contribution < 1.29 is 4.74 Å². The number of aryl methyl sites for hydroxylation is 1. The first-order valence-corrected chi connectivity index (χ1v) is 7.18. The van der Waals surface area contributed by atoms with Crippen LogP contribution in [0.1, 0.15) is 25.0 Å². The molecule has 0 fully saturated rings. The topological polar surface area (TPSA) is 21.3 Å². The Morgan fingerprint density at radius 2 is 1.80 bits per heavy atom. The highest BCUT2D eigenvalue weighted by Gasteiger charge is 2.02. The summed E-state index contributed by atoms with van der Waals surface area (Å²) < 4.78 is 5.68. The molecule has 20 heavy (non-hydrogen) atoms. The molecule has 0 saturated heterocycles. The van der Waals surface area contributed by atoms with Crippen molar-refractivity contribution >= 4 is 17.3 Å². The third-order valence-corrected chi connectivity index (χ3v) is 3.22. The molecule has 0 spiro atoms. The molecule has 0 amide bonds. The van der Waals surface area contributed by atoms with E-state index in [9.17, 15) is 0 Å². The average molecular weight is 290 g/mol. The van der Waals surface area contributed by atoms with Crippen molar-refractivity contribution in [3.63, 3.8) is 0 Å². The lowest BCUT2D eigenvalue weighted by Crippen LogP contribution is -2.06. The maximum Gasteiger partial charge on any atom is 0.120 e. The van der Waals surface area contributed by atoms with Gasteiger partial charge in [0.25, 0.3) is 0 Å². The van der Waals surface area contributed by atoms with Gasteiger partial charge in [0.15, 0.2) is 0 Å². The van der Waals surface area contributed by atoms with Gasteiger partial charge in [0.05, 0.1) is 6.10 Å². The number of benzene rings is 2. The van der Waals surface area contributed by atoms with E-state index in [0.29, 0.717) is 0 Å². The molecule has 0 aliphatic heterocycles. The molecule has 0 atom stereocenters. The van der Waals surface area contributed by atoms with Crippen LogP contribution in [0.2, 0.25) is 5.02 Å². The van der Waals surface area contributed by atoms with Crippen molar-refractivity contribution in [2.24, 2.45) is 0 Å². The second-order valence-corrected chi connectivity index (χ2v) is 5.56. The van der Waals surface area contributed by atoms with Crippen molar-refractivity contribution in [2.75, 3.05) is 5.32 Å². The molecule has 2 aromatic carbocycles. The number of anilines is 1. The molecule has 1 N–H and O–H groups in total. The van der Waals surface area contributed by atoms with E-state index in [1.807, 2.05) is 44.2 Å². The number of ether oxygens (including phenoxy) is 1. The summed E-state index contributed by atoms with van der Waals surface area (Å²) in [5, 5.41) is 4.19. The zero-order valence-corrected chi connectivity index (χ0v) is 12.9. The molecular weight excluding hydrogens is 270 g/mol. The fraction of sp³-hybridized carbons (Fsp3) is 0.294. The first-order valence-electron chi connectivity index (χ1n) is 6.80. The molecule has 0 saturated carbocycles. The van der Waals surface area contributed by atoms with Crippen molar-refractivity contribution in [1.82, 2.24) is 0 Å². The lowest BCUT2D eigenvalue weighted by Gasteiger charge is -2.14. The Morgan fingerprint density at radius 1 is 1.10 bits per heavy atom. The fourth-order valence-corrected chi connectivity index (χ4v) is 2.11. The maximum atomic E-state index is 5.88. The van der Waals surface area contributed by atoms with Gasteiger partial charge >= 0.3 is 0 Å². The second-order valence-electron chi connectivity index (χ2n) is 5.12. The minimum absolute atomic E-state index is 0.197. The van der Waals surface area contributed by atoms with Crippen LogP contribution in [0.25, 0.3) is 0 Å². The number of nitrogens with one attached hydrogen (secondary N) is 1. The Kier molecular flexibility index (Phi) is 4.91. The third kappa shape index (κ3) is 4.17. The third-order valence-electron chi connectivity index (χ3n) is 2.97. The predicted octanol–water partition coefficient (Wildman–Crippen LogP) is 5.05. The van der Waals surface area contributed by atoms with Crippen LogP contribution >= 0.6 is 11.6 Å². The van der Waals surface area contributed by atoms with Crippen LogP contribution in [0.4, 0.5) is 5.69 Å². The van der Waals surface area contributed by atoms with Crippen LogP contribution < -0.4 is 10.1 Å².